The first-order valence-corrected chi connectivity index (χ1v) is 10.6. The highest BCUT2D eigenvalue weighted by molar-refractivity contribution is 8.02. The van der Waals surface area contributed by atoms with Crippen LogP contribution < -0.4 is 5.32 Å². The fraction of sp³-hybridized carbons (Fsp3) is 0.824. The molecular formula is C17H29N3O2S2. The molecule has 1 saturated heterocycles. The Balaban J connectivity index is 2.04. The van der Waals surface area contributed by atoms with Crippen molar-refractivity contribution in [1.82, 2.24) is 10.2 Å². The summed E-state index contributed by atoms with van der Waals surface area (Å²) >= 11 is 3.81. The Morgan fingerprint density at radius 2 is 1.96 bits per heavy atom. The Morgan fingerprint density at radius 3 is 2.50 bits per heavy atom. The quantitative estimate of drug-likeness (QED) is 0.343. The van der Waals surface area contributed by atoms with E-state index in [4.69, 9.17) is 5.26 Å². The van der Waals surface area contributed by atoms with Gasteiger partial charge in [0.05, 0.1) is 12.0 Å². The van der Waals surface area contributed by atoms with E-state index in [1.165, 1.54) is 4.90 Å². The molecule has 7 heteroatoms. The zero-order valence-electron chi connectivity index (χ0n) is 15.2. The Bertz CT molecular complexity index is 491. The molecule has 24 heavy (non-hydrogen) atoms. The van der Waals surface area contributed by atoms with E-state index in [9.17, 15) is 9.59 Å². The normalized spacial score (nSPS) is 20.5. The van der Waals surface area contributed by atoms with Gasteiger partial charge in [-0.05, 0) is 36.7 Å². The van der Waals surface area contributed by atoms with Gasteiger partial charge in [-0.1, -0.05) is 13.8 Å². The fourth-order valence-corrected chi connectivity index (χ4v) is 5.28. The second kappa shape index (κ2) is 9.57. The molecule has 5 nitrogen and oxygen atoms in total. The Kier molecular flexibility index (Phi) is 8.44. The van der Waals surface area contributed by atoms with Crippen LogP contribution in [-0.4, -0.2) is 52.3 Å². The number of nitriles is 1. The number of thioether (sulfide) groups is 2. The van der Waals surface area contributed by atoms with Crippen LogP contribution in [0.1, 0.15) is 46.5 Å². The van der Waals surface area contributed by atoms with Gasteiger partial charge in [-0.25, -0.2) is 4.90 Å². The summed E-state index contributed by atoms with van der Waals surface area (Å²) < 4.78 is 0. The van der Waals surface area contributed by atoms with Gasteiger partial charge >= 0.3 is 0 Å². The van der Waals surface area contributed by atoms with Crippen LogP contribution in [0.5, 0.6) is 0 Å². The second-order valence-electron chi connectivity index (χ2n) is 7.24. The van der Waals surface area contributed by atoms with Crippen LogP contribution in [0.2, 0.25) is 0 Å². The SMILES string of the molecule is CNC(=O)CC(C)(C)CCSCCSCCC1(C)CC(=O)N1C#N. The van der Waals surface area contributed by atoms with E-state index in [1.54, 1.807) is 7.05 Å². The van der Waals surface area contributed by atoms with Crippen LogP contribution in [-0.2, 0) is 9.59 Å². The van der Waals surface area contributed by atoms with Crippen LogP contribution in [0.3, 0.4) is 0 Å². The number of carbonyl (C=O) groups is 2. The first-order valence-electron chi connectivity index (χ1n) is 8.33. The first kappa shape index (κ1) is 21.2. The van der Waals surface area contributed by atoms with Crippen molar-refractivity contribution in [3.8, 4) is 6.19 Å². The van der Waals surface area contributed by atoms with E-state index in [0.717, 1.165) is 35.9 Å². The third kappa shape index (κ3) is 6.56. The molecule has 0 saturated carbocycles. The number of rotatable bonds is 11. The van der Waals surface area contributed by atoms with Gasteiger partial charge in [0.15, 0.2) is 6.19 Å². The van der Waals surface area contributed by atoms with E-state index < -0.39 is 0 Å². The topological polar surface area (TPSA) is 73.2 Å². The van der Waals surface area contributed by atoms with Crippen LogP contribution in [0.4, 0.5) is 0 Å². The molecule has 0 aliphatic carbocycles. The molecule has 0 aromatic carbocycles. The monoisotopic (exact) mass is 371 g/mol. The van der Waals surface area contributed by atoms with E-state index in [0.29, 0.717) is 12.8 Å². The highest BCUT2D eigenvalue weighted by Gasteiger charge is 2.47. The van der Waals surface area contributed by atoms with E-state index in [1.807, 2.05) is 36.6 Å². The summed E-state index contributed by atoms with van der Waals surface area (Å²) in [6.07, 6.45) is 4.97. The Labute approximate surface area is 154 Å². The lowest BCUT2D eigenvalue weighted by atomic mass is 9.84. The molecule has 1 heterocycles. The third-order valence-corrected chi connectivity index (χ3v) is 6.65. The minimum absolute atomic E-state index is 0.0480. The van der Waals surface area contributed by atoms with Gasteiger partial charge in [0, 0.05) is 25.0 Å². The molecule has 0 radical (unpaired) electrons. The zero-order valence-corrected chi connectivity index (χ0v) is 16.8. The number of carbonyl (C=O) groups excluding carboxylic acids is 2. The molecule has 1 rings (SSSR count). The minimum atomic E-state index is -0.254. The Morgan fingerprint density at radius 1 is 1.33 bits per heavy atom. The van der Waals surface area contributed by atoms with Crippen LogP contribution in [0, 0.1) is 16.9 Å². The largest absolute Gasteiger partial charge is 0.359 e. The highest BCUT2D eigenvalue weighted by atomic mass is 32.2. The van der Waals surface area contributed by atoms with Crippen LogP contribution in [0.25, 0.3) is 0 Å². The molecule has 1 atom stereocenters. The van der Waals surface area contributed by atoms with Gasteiger partial charge in [-0.2, -0.15) is 28.8 Å². The molecule has 1 fully saturated rings. The van der Waals surface area contributed by atoms with Crippen molar-refractivity contribution in [2.75, 3.05) is 30.1 Å². The summed E-state index contributed by atoms with van der Waals surface area (Å²) in [7, 11) is 1.68. The van der Waals surface area contributed by atoms with Crippen molar-refractivity contribution in [3.63, 3.8) is 0 Å². The van der Waals surface area contributed by atoms with Crippen molar-refractivity contribution in [2.24, 2.45) is 5.41 Å². The first-order chi connectivity index (χ1) is 11.2. The number of nitrogens with one attached hydrogen (secondary N) is 1. The molecule has 0 aromatic rings. The summed E-state index contributed by atoms with van der Waals surface area (Å²) in [5, 5.41) is 11.6. The number of nitrogens with zero attached hydrogens (tertiary/aromatic N) is 2. The molecule has 1 unspecified atom stereocenters. The number of β-lactam (4-membered cyclic amide) rings is 1. The molecule has 2 amide bonds. The minimum Gasteiger partial charge on any atom is -0.359 e. The van der Waals surface area contributed by atoms with Crippen molar-refractivity contribution in [2.45, 2.75) is 52.0 Å². The van der Waals surface area contributed by atoms with Crippen LogP contribution >= 0.6 is 23.5 Å². The molecule has 1 aliphatic heterocycles. The smallest absolute Gasteiger partial charge is 0.238 e. The Hall–Kier alpha value is -0.870. The maximum atomic E-state index is 11.4. The maximum Gasteiger partial charge on any atom is 0.238 e. The second-order valence-corrected chi connectivity index (χ2v) is 9.69. The molecule has 0 aromatic heterocycles. The third-order valence-electron chi connectivity index (χ3n) is 4.42. The predicted octanol–water partition coefficient (Wildman–Crippen LogP) is 2.87. The van der Waals surface area contributed by atoms with Gasteiger partial charge < -0.3 is 5.32 Å². The van der Waals surface area contributed by atoms with E-state index in [2.05, 4.69) is 19.2 Å². The average molecular weight is 372 g/mol. The maximum absolute atomic E-state index is 11.4. The van der Waals surface area contributed by atoms with Gasteiger partial charge in [-0.15, -0.1) is 0 Å². The van der Waals surface area contributed by atoms with Gasteiger partial charge in [0.25, 0.3) is 0 Å². The molecule has 1 aliphatic rings. The highest BCUT2D eigenvalue weighted by Crippen LogP contribution is 2.35. The van der Waals surface area contributed by atoms with Gasteiger partial charge in [-0.3, -0.25) is 9.59 Å². The molecule has 0 bridgehead atoms. The number of hydrogen-bond acceptors (Lipinski definition) is 5. The van der Waals surface area contributed by atoms with Crippen molar-refractivity contribution < 1.29 is 9.59 Å². The summed E-state index contributed by atoms with van der Waals surface area (Å²) in [6, 6.07) is 0. The lowest BCUT2D eigenvalue weighted by molar-refractivity contribution is -0.148. The van der Waals surface area contributed by atoms with Crippen molar-refractivity contribution >= 4 is 35.3 Å². The zero-order chi connectivity index (χ0) is 18.2. The lowest BCUT2D eigenvalue weighted by Gasteiger charge is -2.44. The van der Waals surface area contributed by atoms with E-state index >= 15 is 0 Å². The fourth-order valence-electron chi connectivity index (χ4n) is 2.64. The summed E-state index contributed by atoms with van der Waals surface area (Å²) in [4.78, 5) is 24.1. The van der Waals surface area contributed by atoms with Gasteiger partial charge in [0.2, 0.25) is 11.8 Å². The number of hydrogen-bond donors (Lipinski definition) is 1. The number of likely N-dealkylation sites (tertiary alicyclic amines) is 1. The van der Waals surface area contributed by atoms with Crippen molar-refractivity contribution in [1.29, 1.82) is 5.26 Å². The molecule has 1 N–H and O–H groups in total. The van der Waals surface area contributed by atoms with Crippen molar-refractivity contribution in [3.05, 3.63) is 0 Å². The standard InChI is InChI=1S/C17H29N3O2S2/c1-16(2,11-14(21)19-4)5-7-23-9-10-24-8-6-17(3)12-15(22)20(17)13-18/h5-12H2,1-4H3,(H,19,21). The van der Waals surface area contributed by atoms with E-state index in [-0.39, 0.29) is 22.8 Å². The average Bonchev–Trinajstić information content (AvgIpc) is 2.49. The summed E-state index contributed by atoms with van der Waals surface area (Å²) in [6.45, 7) is 6.26. The summed E-state index contributed by atoms with van der Waals surface area (Å²) in [5.74, 6) is 4.27. The molecule has 0 spiro atoms. The number of amides is 2. The summed E-state index contributed by atoms with van der Waals surface area (Å²) in [5.41, 5.74) is -0.206. The molecular weight excluding hydrogens is 342 g/mol. The molecule has 136 valence electrons. The van der Waals surface area contributed by atoms with Crippen LogP contribution in [0.15, 0.2) is 0 Å². The lowest BCUT2D eigenvalue weighted by Crippen LogP contribution is -2.59. The predicted molar refractivity (Wildman–Crippen MR) is 102 cm³/mol. The van der Waals surface area contributed by atoms with Gasteiger partial charge in [0.1, 0.15) is 0 Å².